The van der Waals surface area contributed by atoms with Crippen molar-refractivity contribution in [1.29, 1.82) is 0 Å². The van der Waals surface area contributed by atoms with Crippen molar-refractivity contribution < 1.29 is 35.9 Å². The van der Waals surface area contributed by atoms with Crippen LogP contribution in [0.25, 0.3) is 10.9 Å². The molecule has 0 aliphatic rings. The summed E-state index contributed by atoms with van der Waals surface area (Å²) in [5.41, 5.74) is -4.17. The minimum atomic E-state index is -5.09. The predicted molar refractivity (Wildman–Crippen MR) is 110 cm³/mol. The molecule has 1 unspecified atom stereocenters. The molecule has 1 N–H and O–H groups in total. The van der Waals surface area contributed by atoms with E-state index in [1.165, 1.54) is 18.6 Å². The summed E-state index contributed by atoms with van der Waals surface area (Å²) < 4.78 is 85.0. The first-order valence-electron chi connectivity index (χ1n) is 9.91. The fraction of sp³-hybridized carbons (Fsp3) is 0.318. The maximum atomic E-state index is 13.1. The number of benzene rings is 2. The smallest absolute Gasteiger partial charge is 0.383 e. The van der Waals surface area contributed by atoms with E-state index in [1.54, 1.807) is 24.3 Å². The Balaban J connectivity index is 2.02. The lowest BCUT2D eigenvalue weighted by atomic mass is 10.0. The van der Waals surface area contributed by atoms with Crippen molar-refractivity contribution in [2.45, 2.75) is 31.9 Å². The summed E-state index contributed by atoms with van der Waals surface area (Å²) >= 11 is 0. The van der Waals surface area contributed by atoms with Crippen molar-refractivity contribution in [3.05, 3.63) is 75.3 Å². The van der Waals surface area contributed by atoms with Gasteiger partial charge in [0.05, 0.1) is 41.2 Å². The summed E-state index contributed by atoms with van der Waals surface area (Å²) in [6.07, 6.45) is -10.2. The number of aromatic nitrogens is 2. The van der Waals surface area contributed by atoms with Gasteiger partial charge in [0.1, 0.15) is 5.82 Å². The van der Waals surface area contributed by atoms with Crippen molar-refractivity contribution in [3.63, 3.8) is 0 Å². The second-order valence-corrected chi connectivity index (χ2v) is 7.43. The van der Waals surface area contributed by atoms with Crippen LogP contribution in [0.3, 0.4) is 0 Å². The van der Waals surface area contributed by atoms with Crippen LogP contribution in [0.2, 0.25) is 0 Å². The highest BCUT2D eigenvalue weighted by atomic mass is 19.4. The van der Waals surface area contributed by atoms with E-state index in [2.05, 4.69) is 10.3 Å². The van der Waals surface area contributed by atoms with Gasteiger partial charge in [-0.25, -0.2) is 4.98 Å². The van der Waals surface area contributed by atoms with Crippen molar-refractivity contribution in [3.8, 4) is 0 Å². The third-order valence-electron chi connectivity index (χ3n) is 4.99. The molecule has 0 fully saturated rings. The summed E-state index contributed by atoms with van der Waals surface area (Å²) in [5, 5.41) is 2.64. The summed E-state index contributed by atoms with van der Waals surface area (Å²) in [6, 6.07) is 5.98. The zero-order valence-electron chi connectivity index (χ0n) is 17.9. The van der Waals surface area contributed by atoms with E-state index in [9.17, 15) is 35.9 Å². The van der Waals surface area contributed by atoms with E-state index >= 15 is 0 Å². The second-order valence-electron chi connectivity index (χ2n) is 7.43. The van der Waals surface area contributed by atoms with Gasteiger partial charge in [-0.2, -0.15) is 26.3 Å². The molecule has 0 aliphatic carbocycles. The molecule has 0 bridgehead atoms. The van der Waals surface area contributed by atoms with Gasteiger partial charge in [0.25, 0.3) is 11.5 Å². The van der Waals surface area contributed by atoms with Gasteiger partial charge in [-0.1, -0.05) is 12.1 Å². The molecule has 0 spiro atoms. The maximum absolute atomic E-state index is 13.1. The van der Waals surface area contributed by atoms with E-state index in [-0.39, 0.29) is 25.0 Å². The largest absolute Gasteiger partial charge is 0.416 e. The lowest BCUT2D eigenvalue weighted by molar-refractivity contribution is -0.143. The molecule has 0 aliphatic heterocycles. The van der Waals surface area contributed by atoms with Crippen LogP contribution in [0.1, 0.15) is 40.3 Å². The highest BCUT2D eigenvalue weighted by Crippen LogP contribution is 2.36. The number of hydrogen-bond acceptors (Lipinski definition) is 4. The van der Waals surface area contributed by atoms with Crippen LogP contribution in [-0.4, -0.2) is 29.2 Å². The molecule has 182 valence electrons. The molecule has 0 saturated carbocycles. The molecule has 1 heterocycles. The average Bonchev–Trinajstić information content (AvgIpc) is 2.76. The minimum absolute atomic E-state index is 0.0600. The number of hydrogen-bond donors (Lipinski definition) is 1. The van der Waals surface area contributed by atoms with E-state index in [0.717, 1.165) is 0 Å². The number of nitrogens with zero attached hydrogens (tertiary/aromatic N) is 2. The quantitative estimate of drug-likeness (QED) is 0.517. The summed E-state index contributed by atoms with van der Waals surface area (Å²) in [4.78, 5) is 30.0. The molecular weight excluding hydrogens is 468 g/mol. The second kappa shape index (κ2) is 9.45. The number of carbonyl (C=O) groups is 1. The third kappa shape index (κ3) is 5.38. The maximum Gasteiger partial charge on any atom is 0.416 e. The van der Waals surface area contributed by atoms with Gasteiger partial charge in [0.2, 0.25) is 0 Å². The highest BCUT2D eigenvalue weighted by Gasteiger charge is 2.37. The Labute approximate surface area is 189 Å². The Morgan fingerprint density at radius 3 is 2.21 bits per heavy atom. The monoisotopic (exact) mass is 487 g/mol. The van der Waals surface area contributed by atoms with Crippen molar-refractivity contribution >= 4 is 16.8 Å². The van der Waals surface area contributed by atoms with Crippen LogP contribution in [-0.2, 0) is 23.6 Å². The van der Waals surface area contributed by atoms with Gasteiger partial charge in [-0.3, -0.25) is 14.2 Å². The Morgan fingerprint density at radius 2 is 1.65 bits per heavy atom. The van der Waals surface area contributed by atoms with E-state index < -0.39 is 46.6 Å². The number of para-hydroxylation sites is 1. The standard InChI is InChI=1S/C22H19F6N3O3/c1-12(18-30-17-6-4-3-5-16(17)20(33)31(18)7-8-34-2)29-19(32)13-9-14(21(23,24)25)11-15(10-13)22(26,27)28/h3-6,9-12H,7-8H2,1-2H3,(H,29,32). The van der Waals surface area contributed by atoms with E-state index in [0.29, 0.717) is 23.0 Å². The molecule has 0 radical (unpaired) electrons. The normalized spacial score (nSPS) is 13.2. The average molecular weight is 487 g/mol. The number of methoxy groups -OCH3 is 1. The van der Waals surface area contributed by atoms with Gasteiger partial charge in [0, 0.05) is 12.7 Å². The van der Waals surface area contributed by atoms with E-state index in [4.69, 9.17) is 4.74 Å². The van der Waals surface area contributed by atoms with Crippen LogP contribution < -0.4 is 10.9 Å². The number of rotatable bonds is 6. The zero-order valence-corrected chi connectivity index (χ0v) is 17.9. The zero-order chi connectivity index (χ0) is 25.3. The van der Waals surface area contributed by atoms with Crippen molar-refractivity contribution in [2.24, 2.45) is 0 Å². The topological polar surface area (TPSA) is 73.2 Å². The Hall–Kier alpha value is -3.41. The lowest BCUT2D eigenvalue weighted by Gasteiger charge is -2.20. The molecule has 0 saturated heterocycles. The van der Waals surface area contributed by atoms with Crippen LogP contribution in [0, 0.1) is 0 Å². The molecule has 34 heavy (non-hydrogen) atoms. The molecule has 2 aromatic carbocycles. The summed E-state index contributed by atoms with van der Waals surface area (Å²) in [7, 11) is 1.41. The molecule has 1 aromatic heterocycles. The fourth-order valence-electron chi connectivity index (χ4n) is 3.34. The molecule has 1 atom stereocenters. The Bertz CT molecular complexity index is 1240. The summed E-state index contributed by atoms with van der Waals surface area (Å²) in [6.45, 7) is 1.59. The van der Waals surface area contributed by atoms with Crippen molar-refractivity contribution in [2.75, 3.05) is 13.7 Å². The first-order chi connectivity index (χ1) is 15.8. The molecule has 6 nitrogen and oxygen atoms in total. The van der Waals surface area contributed by atoms with Gasteiger partial charge < -0.3 is 10.1 Å². The van der Waals surface area contributed by atoms with Gasteiger partial charge >= 0.3 is 12.4 Å². The number of ether oxygens (including phenoxy) is 1. The van der Waals surface area contributed by atoms with E-state index in [1.807, 2.05) is 0 Å². The first-order valence-corrected chi connectivity index (χ1v) is 9.91. The minimum Gasteiger partial charge on any atom is -0.383 e. The Kier molecular flexibility index (Phi) is 7.01. The van der Waals surface area contributed by atoms with Crippen LogP contribution in [0.15, 0.2) is 47.3 Å². The van der Waals surface area contributed by atoms with Crippen LogP contribution in [0.4, 0.5) is 26.3 Å². The molecular formula is C22H19F6N3O3. The van der Waals surface area contributed by atoms with Crippen LogP contribution >= 0.6 is 0 Å². The predicted octanol–water partition coefficient (Wildman–Crippen LogP) is 4.57. The third-order valence-corrected chi connectivity index (χ3v) is 4.99. The van der Waals surface area contributed by atoms with Crippen molar-refractivity contribution in [1.82, 2.24) is 14.9 Å². The molecule has 3 rings (SSSR count). The SMILES string of the molecule is COCCn1c(C(C)NC(=O)c2cc(C(F)(F)F)cc(C(F)(F)F)c2)nc2ccccc2c1=O. The first kappa shape index (κ1) is 25.2. The van der Waals surface area contributed by atoms with Gasteiger partial charge in [-0.15, -0.1) is 0 Å². The number of carbonyl (C=O) groups excluding carboxylic acids is 1. The van der Waals surface area contributed by atoms with Crippen LogP contribution in [0.5, 0.6) is 0 Å². The number of amides is 1. The highest BCUT2D eigenvalue weighted by molar-refractivity contribution is 5.95. The molecule has 12 heteroatoms. The fourth-order valence-corrected chi connectivity index (χ4v) is 3.34. The lowest BCUT2D eigenvalue weighted by Crippen LogP contribution is -2.34. The van der Waals surface area contributed by atoms with Gasteiger partial charge in [0.15, 0.2) is 0 Å². The van der Waals surface area contributed by atoms with Gasteiger partial charge in [-0.05, 0) is 37.3 Å². The number of nitrogens with one attached hydrogen (secondary N) is 1. The number of fused-ring (bicyclic) bond motifs is 1. The number of alkyl halides is 6. The summed E-state index contributed by atoms with van der Waals surface area (Å²) in [5.74, 6) is -1.12. The number of halogens is 6. The molecule has 3 aromatic rings. The molecule has 1 amide bonds. The Morgan fingerprint density at radius 1 is 1.06 bits per heavy atom.